The third-order valence-corrected chi connectivity index (χ3v) is 5.02. The van der Waals surface area contributed by atoms with Gasteiger partial charge >= 0.3 is 0 Å². The number of carbonyl (C=O) groups excluding carboxylic acids is 1. The summed E-state index contributed by atoms with van der Waals surface area (Å²) in [7, 11) is 1.63. The normalized spacial score (nSPS) is 16.1. The first-order valence-corrected chi connectivity index (χ1v) is 9.29. The molecular formula is C20H22BrNO3. The van der Waals surface area contributed by atoms with Crippen molar-refractivity contribution < 1.29 is 14.3 Å². The lowest BCUT2D eigenvalue weighted by atomic mass is 9.92. The van der Waals surface area contributed by atoms with E-state index in [2.05, 4.69) is 15.9 Å². The standard InChI is InChI=1S/C20H22BrNO3/c1-4-22-17-10-9-14(21)12-15(17)16(20(22)23)11-13-7-6-8-18(24-3)19(13)25-5-2/h6-10,12,16H,4-5,11H2,1-3H3/t16-/m0/s1. The van der Waals surface area contributed by atoms with Gasteiger partial charge in [-0.1, -0.05) is 28.1 Å². The van der Waals surface area contributed by atoms with Crippen molar-refractivity contribution in [3.8, 4) is 11.5 Å². The highest BCUT2D eigenvalue weighted by Gasteiger charge is 2.37. The molecule has 0 N–H and O–H groups in total. The Bertz CT molecular complexity index is 791. The largest absolute Gasteiger partial charge is 0.493 e. The van der Waals surface area contributed by atoms with Gasteiger partial charge in [-0.05, 0) is 55.7 Å². The lowest BCUT2D eigenvalue weighted by Crippen LogP contribution is -2.29. The maximum Gasteiger partial charge on any atom is 0.234 e. The summed E-state index contributed by atoms with van der Waals surface area (Å²) >= 11 is 3.53. The average Bonchev–Trinajstić information content (AvgIpc) is 2.87. The van der Waals surface area contributed by atoms with Crippen molar-refractivity contribution in [3.63, 3.8) is 0 Å². The van der Waals surface area contributed by atoms with Crippen LogP contribution < -0.4 is 14.4 Å². The van der Waals surface area contributed by atoms with Crippen molar-refractivity contribution in [2.75, 3.05) is 25.2 Å². The molecule has 3 rings (SSSR count). The van der Waals surface area contributed by atoms with Gasteiger partial charge in [0.15, 0.2) is 11.5 Å². The van der Waals surface area contributed by atoms with E-state index in [1.54, 1.807) is 7.11 Å². The zero-order valence-corrected chi connectivity index (χ0v) is 16.3. The van der Waals surface area contributed by atoms with E-state index in [9.17, 15) is 4.79 Å². The molecule has 0 saturated heterocycles. The topological polar surface area (TPSA) is 38.8 Å². The highest BCUT2D eigenvalue weighted by atomic mass is 79.9. The molecule has 0 radical (unpaired) electrons. The van der Waals surface area contributed by atoms with Crippen LogP contribution in [0.15, 0.2) is 40.9 Å². The van der Waals surface area contributed by atoms with Crippen LogP contribution in [0.25, 0.3) is 0 Å². The van der Waals surface area contributed by atoms with Crippen LogP contribution in [0.2, 0.25) is 0 Å². The highest BCUT2D eigenvalue weighted by Crippen LogP contribution is 2.42. The lowest BCUT2D eigenvalue weighted by molar-refractivity contribution is -0.119. The van der Waals surface area contributed by atoms with Crippen LogP contribution >= 0.6 is 15.9 Å². The van der Waals surface area contributed by atoms with E-state index >= 15 is 0 Å². The number of nitrogens with zero attached hydrogens (tertiary/aromatic N) is 1. The number of para-hydroxylation sites is 1. The van der Waals surface area contributed by atoms with E-state index < -0.39 is 0 Å². The molecule has 1 amide bonds. The molecule has 0 fully saturated rings. The van der Waals surface area contributed by atoms with E-state index in [-0.39, 0.29) is 11.8 Å². The molecule has 1 aliphatic rings. The van der Waals surface area contributed by atoms with Crippen molar-refractivity contribution in [2.45, 2.75) is 26.2 Å². The molecule has 0 bridgehead atoms. The molecule has 1 heterocycles. The molecule has 2 aromatic rings. The molecule has 4 nitrogen and oxygen atoms in total. The third kappa shape index (κ3) is 3.25. The Morgan fingerprint density at radius 1 is 1.20 bits per heavy atom. The number of carbonyl (C=O) groups is 1. The maximum absolute atomic E-state index is 13.0. The van der Waals surface area contributed by atoms with Gasteiger partial charge < -0.3 is 14.4 Å². The van der Waals surface area contributed by atoms with Crippen LogP contribution in [0.4, 0.5) is 5.69 Å². The van der Waals surface area contributed by atoms with Gasteiger partial charge in [-0.15, -0.1) is 0 Å². The molecule has 0 saturated carbocycles. The van der Waals surface area contributed by atoms with Crippen LogP contribution in [0.1, 0.15) is 30.9 Å². The van der Waals surface area contributed by atoms with Crippen molar-refractivity contribution in [3.05, 3.63) is 52.0 Å². The van der Waals surface area contributed by atoms with E-state index in [0.29, 0.717) is 25.3 Å². The molecular weight excluding hydrogens is 382 g/mol. The lowest BCUT2D eigenvalue weighted by Gasteiger charge is -2.17. The number of anilines is 1. The van der Waals surface area contributed by atoms with Gasteiger partial charge in [-0.3, -0.25) is 4.79 Å². The van der Waals surface area contributed by atoms with Gasteiger partial charge in [0.05, 0.1) is 19.6 Å². The Morgan fingerprint density at radius 2 is 2.00 bits per heavy atom. The summed E-state index contributed by atoms with van der Waals surface area (Å²) in [6.45, 7) is 5.17. The second-order valence-corrected chi connectivity index (χ2v) is 6.84. The molecule has 0 spiro atoms. The molecule has 0 unspecified atom stereocenters. The summed E-state index contributed by atoms with van der Waals surface area (Å²) in [5.74, 6) is 1.36. The first kappa shape index (κ1) is 17.8. The highest BCUT2D eigenvalue weighted by molar-refractivity contribution is 9.10. The first-order chi connectivity index (χ1) is 12.1. The van der Waals surface area contributed by atoms with Gasteiger partial charge in [0.1, 0.15) is 0 Å². The number of likely N-dealkylation sites (N-methyl/N-ethyl adjacent to an activating group) is 1. The maximum atomic E-state index is 13.0. The number of amides is 1. The number of benzene rings is 2. The summed E-state index contributed by atoms with van der Waals surface area (Å²) in [4.78, 5) is 14.8. The predicted octanol–water partition coefficient (Wildman–Crippen LogP) is 4.55. The van der Waals surface area contributed by atoms with Crippen LogP contribution in [0.5, 0.6) is 11.5 Å². The summed E-state index contributed by atoms with van der Waals surface area (Å²) < 4.78 is 12.2. The van der Waals surface area contributed by atoms with Gasteiger partial charge in [0.2, 0.25) is 5.91 Å². The Balaban J connectivity index is 2.02. The van der Waals surface area contributed by atoms with E-state index in [0.717, 1.165) is 27.0 Å². The number of methoxy groups -OCH3 is 1. The summed E-state index contributed by atoms with van der Waals surface area (Å²) in [5.41, 5.74) is 3.05. The quantitative estimate of drug-likeness (QED) is 0.709. The number of hydrogen-bond donors (Lipinski definition) is 0. The third-order valence-electron chi connectivity index (χ3n) is 4.53. The Morgan fingerprint density at radius 3 is 2.68 bits per heavy atom. The van der Waals surface area contributed by atoms with Crippen molar-refractivity contribution in [1.29, 1.82) is 0 Å². The molecule has 1 aliphatic heterocycles. The van der Waals surface area contributed by atoms with Gasteiger partial charge in [-0.25, -0.2) is 0 Å². The van der Waals surface area contributed by atoms with E-state index in [1.807, 2.05) is 55.1 Å². The van der Waals surface area contributed by atoms with Gasteiger partial charge in [-0.2, -0.15) is 0 Å². The minimum absolute atomic E-state index is 0.140. The average molecular weight is 404 g/mol. The number of halogens is 1. The van der Waals surface area contributed by atoms with Crippen molar-refractivity contribution in [2.24, 2.45) is 0 Å². The van der Waals surface area contributed by atoms with Crippen LogP contribution in [0, 0.1) is 0 Å². The zero-order valence-electron chi connectivity index (χ0n) is 14.7. The van der Waals surface area contributed by atoms with Crippen molar-refractivity contribution in [1.82, 2.24) is 0 Å². The fourth-order valence-electron chi connectivity index (χ4n) is 3.42. The van der Waals surface area contributed by atoms with Gasteiger partial charge in [0.25, 0.3) is 0 Å². The van der Waals surface area contributed by atoms with E-state index in [4.69, 9.17) is 9.47 Å². The van der Waals surface area contributed by atoms with Crippen LogP contribution in [0.3, 0.4) is 0 Å². The summed E-state index contributed by atoms with van der Waals surface area (Å²) in [5, 5.41) is 0. The Hall–Kier alpha value is -2.01. The van der Waals surface area contributed by atoms with Gasteiger partial charge in [0, 0.05) is 16.7 Å². The van der Waals surface area contributed by atoms with E-state index in [1.165, 1.54) is 0 Å². The number of fused-ring (bicyclic) bond motifs is 1. The number of hydrogen-bond acceptors (Lipinski definition) is 3. The minimum atomic E-state index is -0.209. The fourth-order valence-corrected chi connectivity index (χ4v) is 3.80. The Labute approximate surface area is 156 Å². The van der Waals surface area contributed by atoms with Crippen molar-refractivity contribution >= 4 is 27.5 Å². The van der Waals surface area contributed by atoms with Crippen LogP contribution in [-0.2, 0) is 11.2 Å². The first-order valence-electron chi connectivity index (χ1n) is 8.50. The molecule has 0 aliphatic carbocycles. The zero-order chi connectivity index (χ0) is 18.0. The molecule has 2 aromatic carbocycles. The summed E-state index contributed by atoms with van der Waals surface area (Å²) in [6, 6.07) is 11.9. The monoisotopic (exact) mass is 403 g/mol. The predicted molar refractivity (Wildman–Crippen MR) is 103 cm³/mol. The summed E-state index contributed by atoms with van der Waals surface area (Å²) in [6.07, 6.45) is 0.589. The molecule has 132 valence electrons. The Kier molecular flexibility index (Phi) is 5.33. The van der Waals surface area contributed by atoms with Crippen LogP contribution in [-0.4, -0.2) is 26.2 Å². The second kappa shape index (κ2) is 7.48. The molecule has 1 atom stereocenters. The second-order valence-electron chi connectivity index (χ2n) is 5.92. The number of rotatable bonds is 6. The SMILES string of the molecule is CCOc1c(C[C@@H]2C(=O)N(CC)c3ccc(Br)cc32)cccc1OC. The number of ether oxygens (including phenoxy) is 2. The minimum Gasteiger partial charge on any atom is -0.493 e. The fraction of sp³-hybridized carbons (Fsp3) is 0.350. The molecule has 25 heavy (non-hydrogen) atoms. The molecule has 0 aromatic heterocycles. The molecule has 5 heteroatoms. The smallest absolute Gasteiger partial charge is 0.234 e.